The molecule has 0 bridgehead atoms. The first-order valence-electron chi connectivity index (χ1n) is 5.62. The quantitative estimate of drug-likeness (QED) is 0.638. The molecule has 0 radical (unpaired) electrons. The Morgan fingerprint density at radius 2 is 2.39 bits per heavy atom. The number of hydrazine groups is 1. The molecule has 2 heterocycles. The maximum absolute atomic E-state index is 5.61. The number of halogens is 1. The van der Waals surface area contributed by atoms with E-state index in [4.69, 9.17) is 5.84 Å². The highest BCUT2D eigenvalue weighted by atomic mass is 79.9. The molecular weight excluding hydrogens is 296 g/mol. The smallest absolute Gasteiger partial charge is 0.153 e. The van der Waals surface area contributed by atoms with Gasteiger partial charge in [-0.2, -0.15) is 0 Å². The molecule has 1 atom stereocenters. The van der Waals surface area contributed by atoms with Gasteiger partial charge in [-0.25, -0.2) is 4.68 Å². The van der Waals surface area contributed by atoms with E-state index in [1.807, 2.05) is 19.3 Å². The van der Waals surface area contributed by atoms with Gasteiger partial charge in [-0.1, -0.05) is 11.3 Å². The number of aryl methyl sites for hydroxylation is 2. The lowest BCUT2D eigenvalue weighted by Gasteiger charge is -2.15. The van der Waals surface area contributed by atoms with Crippen molar-refractivity contribution in [1.82, 2.24) is 25.4 Å². The van der Waals surface area contributed by atoms with E-state index < -0.39 is 0 Å². The molecule has 0 fully saturated rings. The summed E-state index contributed by atoms with van der Waals surface area (Å²) in [4.78, 5) is 4.10. The second-order valence-corrected chi connectivity index (χ2v) is 4.76. The highest BCUT2D eigenvalue weighted by Crippen LogP contribution is 2.23. The van der Waals surface area contributed by atoms with Crippen molar-refractivity contribution in [2.75, 3.05) is 0 Å². The van der Waals surface area contributed by atoms with Gasteiger partial charge in [0, 0.05) is 19.4 Å². The van der Waals surface area contributed by atoms with Gasteiger partial charge in [-0.05, 0) is 40.4 Å². The van der Waals surface area contributed by atoms with Crippen LogP contribution in [0.15, 0.2) is 29.1 Å². The van der Waals surface area contributed by atoms with Gasteiger partial charge in [0.1, 0.15) is 0 Å². The van der Waals surface area contributed by atoms with E-state index in [0.29, 0.717) is 0 Å². The summed E-state index contributed by atoms with van der Waals surface area (Å²) in [6.07, 6.45) is 5.37. The Hall–Kier alpha value is -1.31. The molecule has 7 heteroatoms. The van der Waals surface area contributed by atoms with Gasteiger partial charge < -0.3 is 0 Å². The van der Waals surface area contributed by atoms with Crippen LogP contribution in [-0.2, 0) is 13.5 Å². The van der Waals surface area contributed by atoms with Crippen molar-refractivity contribution >= 4 is 15.9 Å². The van der Waals surface area contributed by atoms with Crippen LogP contribution in [0.3, 0.4) is 0 Å². The summed E-state index contributed by atoms with van der Waals surface area (Å²) in [6.45, 7) is 0. The molecule has 0 saturated carbocycles. The molecule has 0 spiro atoms. The van der Waals surface area contributed by atoms with E-state index in [-0.39, 0.29) is 6.04 Å². The van der Waals surface area contributed by atoms with Crippen molar-refractivity contribution < 1.29 is 0 Å². The molecule has 6 nitrogen and oxygen atoms in total. The zero-order valence-electron chi connectivity index (χ0n) is 10.0. The molecule has 2 rings (SSSR count). The number of pyridine rings is 1. The Kier molecular flexibility index (Phi) is 4.40. The second kappa shape index (κ2) is 6.03. The summed E-state index contributed by atoms with van der Waals surface area (Å²) < 4.78 is 2.44. The van der Waals surface area contributed by atoms with E-state index in [2.05, 4.69) is 42.7 Å². The summed E-state index contributed by atoms with van der Waals surface area (Å²) in [6, 6.07) is 3.98. The van der Waals surface area contributed by atoms with Crippen molar-refractivity contribution in [3.63, 3.8) is 0 Å². The number of rotatable bonds is 5. The molecule has 0 amide bonds. The zero-order valence-corrected chi connectivity index (χ0v) is 11.6. The molecule has 96 valence electrons. The Balaban J connectivity index is 2.07. The van der Waals surface area contributed by atoms with Gasteiger partial charge in [0.05, 0.1) is 11.7 Å². The molecule has 0 aromatic carbocycles. The third kappa shape index (κ3) is 2.92. The Bertz CT molecular complexity index is 478. The molecule has 0 saturated heterocycles. The molecule has 2 aromatic rings. The molecular formula is C11H15BrN6. The lowest BCUT2D eigenvalue weighted by atomic mass is 10.1. The fourth-order valence-electron chi connectivity index (χ4n) is 1.86. The number of nitrogens with zero attached hydrogens (tertiary/aromatic N) is 4. The van der Waals surface area contributed by atoms with Crippen molar-refractivity contribution in [1.29, 1.82) is 0 Å². The average molecular weight is 311 g/mol. The van der Waals surface area contributed by atoms with Gasteiger partial charge in [-0.3, -0.25) is 16.3 Å². The predicted octanol–water partition coefficient (Wildman–Crippen LogP) is 1.11. The van der Waals surface area contributed by atoms with Gasteiger partial charge in [-0.15, -0.1) is 5.10 Å². The van der Waals surface area contributed by atoms with Crippen LogP contribution >= 0.6 is 15.9 Å². The number of nitrogens with two attached hydrogens (primary N) is 1. The van der Waals surface area contributed by atoms with E-state index >= 15 is 0 Å². The third-order valence-electron chi connectivity index (χ3n) is 2.80. The van der Waals surface area contributed by atoms with Crippen LogP contribution in [0.4, 0.5) is 0 Å². The molecule has 0 aliphatic carbocycles. The Morgan fingerprint density at radius 3 is 2.94 bits per heavy atom. The van der Waals surface area contributed by atoms with Crippen LogP contribution < -0.4 is 11.3 Å². The van der Waals surface area contributed by atoms with Crippen LogP contribution in [-0.4, -0.2) is 20.0 Å². The summed E-state index contributed by atoms with van der Waals surface area (Å²) in [5.41, 5.74) is 4.94. The Morgan fingerprint density at radius 1 is 1.56 bits per heavy atom. The van der Waals surface area contributed by atoms with E-state index in [1.54, 1.807) is 10.9 Å². The first-order chi connectivity index (χ1) is 8.72. The number of hydrogen-bond acceptors (Lipinski definition) is 5. The molecule has 18 heavy (non-hydrogen) atoms. The minimum Gasteiger partial charge on any atom is -0.271 e. The second-order valence-electron chi connectivity index (χ2n) is 4.01. The first-order valence-corrected chi connectivity index (χ1v) is 6.41. The van der Waals surface area contributed by atoms with Crippen LogP contribution in [0.5, 0.6) is 0 Å². The lowest BCUT2D eigenvalue weighted by Crippen LogP contribution is -2.30. The van der Waals surface area contributed by atoms with Gasteiger partial charge >= 0.3 is 0 Å². The van der Waals surface area contributed by atoms with Crippen LogP contribution in [0, 0.1) is 0 Å². The van der Waals surface area contributed by atoms with Gasteiger partial charge in [0.15, 0.2) is 4.60 Å². The van der Waals surface area contributed by atoms with Crippen molar-refractivity contribution in [3.05, 3.63) is 40.4 Å². The highest BCUT2D eigenvalue weighted by molar-refractivity contribution is 9.10. The lowest BCUT2D eigenvalue weighted by molar-refractivity contribution is 0.478. The zero-order chi connectivity index (χ0) is 13.0. The topological polar surface area (TPSA) is 81.7 Å². The third-order valence-corrected chi connectivity index (χ3v) is 3.37. The Labute approximate surface area is 114 Å². The normalized spacial score (nSPS) is 12.6. The maximum Gasteiger partial charge on any atom is 0.153 e. The maximum atomic E-state index is 5.61. The van der Waals surface area contributed by atoms with Crippen molar-refractivity contribution in [2.24, 2.45) is 12.9 Å². The summed E-state index contributed by atoms with van der Waals surface area (Å²) >= 11 is 3.38. The predicted molar refractivity (Wildman–Crippen MR) is 71.3 cm³/mol. The summed E-state index contributed by atoms with van der Waals surface area (Å²) in [7, 11) is 1.85. The van der Waals surface area contributed by atoms with E-state index in [9.17, 15) is 0 Å². The van der Waals surface area contributed by atoms with Crippen LogP contribution in [0.2, 0.25) is 0 Å². The number of nitrogens with one attached hydrogen (secondary N) is 1. The fraction of sp³-hybridized carbons (Fsp3) is 0.364. The van der Waals surface area contributed by atoms with Crippen LogP contribution in [0.1, 0.15) is 23.7 Å². The van der Waals surface area contributed by atoms with E-state index in [0.717, 1.165) is 23.1 Å². The summed E-state index contributed by atoms with van der Waals surface area (Å²) in [5.74, 6) is 5.61. The molecule has 0 aliphatic heterocycles. The highest BCUT2D eigenvalue weighted by Gasteiger charge is 2.18. The van der Waals surface area contributed by atoms with Crippen molar-refractivity contribution in [2.45, 2.75) is 18.9 Å². The molecule has 1 unspecified atom stereocenters. The van der Waals surface area contributed by atoms with E-state index in [1.165, 1.54) is 5.56 Å². The molecule has 2 aromatic heterocycles. The van der Waals surface area contributed by atoms with Gasteiger partial charge in [0.2, 0.25) is 0 Å². The summed E-state index contributed by atoms with van der Waals surface area (Å²) in [5, 5.41) is 7.91. The van der Waals surface area contributed by atoms with Crippen LogP contribution in [0.25, 0.3) is 0 Å². The minimum atomic E-state index is -0.000388. The standard InChI is InChI=1S/C11H15BrN6/c1-18-10(11(12)16-17-18)9(15-13)5-4-8-3-2-6-14-7-8/h2-3,6-7,9,15H,4-5,13H2,1H3. The number of hydrogen-bond donors (Lipinski definition) is 2. The fourth-order valence-corrected chi connectivity index (χ4v) is 2.47. The largest absolute Gasteiger partial charge is 0.271 e. The SMILES string of the molecule is Cn1nnc(Br)c1C(CCc1cccnc1)NN. The minimum absolute atomic E-state index is 0.000388. The van der Waals surface area contributed by atoms with Crippen molar-refractivity contribution in [3.8, 4) is 0 Å². The molecule has 0 aliphatic rings. The first kappa shape index (κ1) is 13.1. The molecule has 3 N–H and O–H groups in total. The number of aromatic nitrogens is 4. The monoisotopic (exact) mass is 310 g/mol. The average Bonchev–Trinajstić information content (AvgIpc) is 2.73. The van der Waals surface area contributed by atoms with Gasteiger partial charge in [0.25, 0.3) is 0 Å².